The van der Waals surface area contributed by atoms with Gasteiger partial charge in [0, 0.05) is 30.9 Å². The summed E-state index contributed by atoms with van der Waals surface area (Å²) in [6.07, 6.45) is 1.63. The number of carbonyl (C=O) groups excluding carboxylic acids is 2. The van der Waals surface area contributed by atoms with Crippen LogP contribution in [0.5, 0.6) is 0 Å². The summed E-state index contributed by atoms with van der Waals surface area (Å²) < 4.78 is 10.1. The molecule has 1 amide bonds. The van der Waals surface area contributed by atoms with Crippen molar-refractivity contribution >= 4 is 29.2 Å². The average molecular weight is 334 g/mol. The Morgan fingerprint density at radius 3 is 2.58 bits per heavy atom. The van der Waals surface area contributed by atoms with E-state index in [1.165, 1.54) is 13.2 Å². The SMILES string of the molecule is COC(=O)c1cc(NC(=O)/C=C/C(=O)O)ccc1N1CCOCC1. The number of morpholine rings is 1. The molecule has 0 spiro atoms. The molecule has 8 heteroatoms. The Kier molecular flexibility index (Phi) is 5.91. The smallest absolute Gasteiger partial charge is 0.340 e. The summed E-state index contributed by atoms with van der Waals surface area (Å²) in [6.45, 7) is 2.44. The molecule has 8 nitrogen and oxygen atoms in total. The van der Waals surface area contributed by atoms with E-state index in [4.69, 9.17) is 14.6 Å². The minimum absolute atomic E-state index is 0.319. The Bertz CT molecular complexity index is 665. The molecule has 2 N–H and O–H groups in total. The highest BCUT2D eigenvalue weighted by molar-refractivity contribution is 6.04. The molecule has 1 aromatic carbocycles. The first-order valence-electron chi connectivity index (χ1n) is 7.28. The standard InChI is InChI=1S/C16H18N2O6/c1-23-16(22)12-10-11(17-14(19)4-5-15(20)21)2-3-13(12)18-6-8-24-9-7-18/h2-5,10H,6-9H2,1H3,(H,17,19)(H,20,21)/b5-4+. The maximum Gasteiger partial charge on any atom is 0.340 e. The molecule has 0 saturated carbocycles. The molecule has 0 aromatic heterocycles. The second-order valence-corrected chi connectivity index (χ2v) is 4.98. The number of benzene rings is 1. The normalized spacial score (nSPS) is 14.5. The molecule has 0 unspecified atom stereocenters. The molecule has 128 valence electrons. The van der Waals surface area contributed by atoms with Crippen LogP contribution in [-0.2, 0) is 19.1 Å². The van der Waals surface area contributed by atoms with Gasteiger partial charge in [-0.1, -0.05) is 0 Å². The number of esters is 1. The summed E-state index contributed by atoms with van der Waals surface area (Å²) in [6, 6.07) is 4.86. The highest BCUT2D eigenvalue weighted by Crippen LogP contribution is 2.26. The van der Waals surface area contributed by atoms with Crippen LogP contribution >= 0.6 is 0 Å². The van der Waals surface area contributed by atoms with E-state index in [1.54, 1.807) is 12.1 Å². The number of rotatable bonds is 5. The van der Waals surface area contributed by atoms with Gasteiger partial charge in [-0.2, -0.15) is 0 Å². The molecule has 0 radical (unpaired) electrons. The van der Waals surface area contributed by atoms with E-state index in [0.717, 1.165) is 12.2 Å². The van der Waals surface area contributed by atoms with E-state index in [2.05, 4.69) is 5.32 Å². The van der Waals surface area contributed by atoms with Crippen LogP contribution in [-0.4, -0.2) is 56.4 Å². The summed E-state index contributed by atoms with van der Waals surface area (Å²) >= 11 is 0. The van der Waals surface area contributed by atoms with Gasteiger partial charge in [0.05, 0.1) is 31.6 Å². The van der Waals surface area contributed by atoms with Gasteiger partial charge in [-0.25, -0.2) is 9.59 Å². The maximum atomic E-state index is 12.0. The fourth-order valence-electron chi connectivity index (χ4n) is 2.30. The first-order valence-corrected chi connectivity index (χ1v) is 7.28. The number of methoxy groups -OCH3 is 1. The van der Waals surface area contributed by atoms with Crippen molar-refractivity contribution in [3.63, 3.8) is 0 Å². The first kappa shape index (κ1) is 17.5. The van der Waals surface area contributed by atoms with Gasteiger partial charge in [0.1, 0.15) is 0 Å². The number of nitrogens with zero attached hydrogens (tertiary/aromatic N) is 1. The number of hydrogen-bond acceptors (Lipinski definition) is 6. The highest BCUT2D eigenvalue weighted by atomic mass is 16.5. The molecular formula is C16H18N2O6. The predicted octanol–water partition coefficient (Wildman–Crippen LogP) is 0.889. The lowest BCUT2D eigenvalue weighted by atomic mass is 10.1. The number of nitrogens with one attached hydrogen (secondary N) is 1. The Labute approximate surface area is 138 Å². The Balaban J connectivity index is 2.24. The molecule has 1 aromatic rings. The summed E-state index contributed by atoms with van der Waals surface area (Å²) in [5, 5.41) is 11.0. The minimum Gasteiger partial charge on any atom is -0.478 e. The van der Waals surface area contributed by atoms with Gasteiger partial charge in [-0.3, -0.25) is 4.79 Å². The molecule has 1 saturated heterocycles. The van der Waals surface area contributed by atoms with Gasteiger partial charge in [0.15, 0.2) is 0 Å². The summed E-state index contributed by atoms with van der Waals surface area (Å²) in [7, 11) is 1.28. The monoisotopic (exact) mass is 334 g/mol. The fraction of sp³-hybridized carbons (Fsp3) is 0.312. The first-order chi connectivity index (χ1) is 11.5. The number of carbonyl (C=O) groups is 3. The lowest BCUT2D eigenvalue weighted by Gasteiger charge is -2.30. The van der Waals surface area contributed by atoms with E-state index in [9.17, 15) is 14.4 Å². The molecule has 0 atom stereocenters. The van der Waals surface area contributed by atoms with Gasteiger partial charge in [0.2, 0.25) is 5.91 Å². The molecule has 0 aliphatic carbocycles. The van der Waals surface area contributed by atoms with Crippen molar-refractivity contribution in [1.29, 1.82) is 0 Å². The number of aliphatic carboxylic acids is 1. The average Bonchev–Trinajstić information content (AvgIpc) is 2.60. The zero-order chi connectivity index (χ0) is 17.5. The Morgan fingerprint density at radius 2 is 1.96 bits per heavy atom. The van der Waals surface area contributed by atoms with Gasteiger partial charge in [0.25, 0.3) is 0 Å². The topological polar surface area (TPSA) is 105 Å². The van der Waals surface area contributed by atoms with Crippen LogP contribution in [0.1, 0.15) is 10.4 Å². The van der Waals surface area contributed by atoms with Crippen molar-refractivity contribution in [2.45, 2.75) is 0 Å². The second-order valence-electron chi connectivity index (χ2n) is 4.98. The number of carboxylic acid groups (broad SMARTS) is 1. The van der Waals surface area contributed by atoms with E-state index in [0.29, 0.717) is 43.2 Å². The predicted molar refractivity (Wildman–Crippen MR) is 86.2 cm³/mol. The third-order valence-electron chi connectivity index (χ3n) is 3.40. The van der Waals surface area contributed by atoms with Crippen molar-refractivity contribution in [3.05, 3.63) is 35.9 Å². The van der Waals surface area contributed by atoms with Crippen LogP contribution in [0.3, 0.4) is 0 Å². The van der Waals surface area contributed by atoms with Crippen LogP contribution < -0.4 is 10.2 Å². The number of hydrogen-bond donors (Lipinski definition) is 2. The van der Waals surface area contributed by atoms with Gasteiger partial charge >= 0.3 is 11.9 Å². The summed E-state index contributed by atoms with van der Waals surface area (Å²) in [4.78, 5) is 36.1. The molecule has 1 heterocycles. The molecule has 1 fully saturated rings. The molecule has 1 aliphatic rings. The van der Waals surface area contributed by atoms with Crippen molar-refractivity contribution in [3.8, 4) is 0 Å². The van der Waals surface area contributed by atoms with Crippen molar-refractivity contribution in [1.82, 2.24) is 0 Å². The number of anilines is 2. The van der Waals surface area contributed by atoms with Gasteiger partial charge in [-0.05, 0) is 18.2 Å². The fourth-order valence-corrected chi connectivity index (χ4v) is 2.30. The van der Waals surface area contributed by atoms with Gasteiger partial charge < -0.3 is 24.8 Å². The maximum absolute atomic E-state index is 12.0. The van der Waals surface area contributed by atoms with E-state index in [-0.39, 0.29) is 0 Å². The van der Waals surface area contributed by atoms with Crippen LogP contribution in [0, 0.1) is 0 Å². The molecular weight excluding hydrogens is 316 g/mol. The number of carboxylic acids is 1. The molecule has 2 rings (SSSR count). The number of amides is 1. The van der Waals surface area contributed by atoms with Crippen LogP contribution in [0.4, 0.5) is 11.4 Å². The lowest BCUT2D eigenvalue weighted by Crippen LogP contribution is -2.37. The van der Waals surface area contributed by atoms with E-state index < -0.39 is 17.8 Å². The molecule has 1 aliphatic heterocycles. The lowest BCUT2D eigenvalue weighted by molar-refractivity contribution is -0.131. The third kappa shape index (κ3) is 4.56. The zero-order valence-corrected chi connectivity index (χ0v) is 13.2. The minimum atomic E-state index is -1.22. The second kappa shape index (κ2) is 8.11. The van der Waals surface area contributed by atoms with Crippen LogP contribution in [0.25, 0.3) is 0 Å². The zero-order valence-electron chi connectivity index (χ0n) is 13.2. The Morgan fingerprint density at radius 1 is 1.25 bits per heavy atom. The van der Waals surface area contributed by atoms with E-state index in [1.807, 2.05) is 4.90 Å². The van der Waals surface area contributed by atoms with E-state index >= 15 is 0 Å². The number of ether oxygens (including phenoxy) is 2. The molecule has 0 bridgehead atoms. The quantitative estimate of drug-likeness (QED) is 0.608. The van der Waals surface area contributed by atoms with Crippen molar-refractivity contribution < 1.29 is 29.0 Å². The third-order valence-corrected chi connectivity index (χ3v) is 3.40. The van der Waals surface area contributed by atoms with Crippen LogP contribution in [0.15, 0.2) is 30.4 Å². The summed E-state index contributed by atoms with van der Waals surface area (Å²) in [5.41, 5.74) is 1.39. The van der Waals surface area contributed by atoms with Gasteiger partial charge in [-0.15, -0.1) is 0 Å². The largest absolute Gasteiger partial charge is 0.478 e. The van der Waals surface area contributed by atoms with Crippen molar-refractivity contribution in [2.24, 2.45) is 0 Å². The van der Waals surface area contributed by atoms with Crippen LogP contribution in [0.2, 0.25) is 0 Å². The summed E-state index contributed by atoms with van der Waals surface area (Å²) in [5.74, 6) is -2.34. The Hall–Kier alpha value is -2.87. The highest BCUT2D eigenvalue weighted by Gasteiger charge is 2.20. The molecule has 24 heavy (non-hydrogen) atoms. The van der Waals surface area contributed by atoms with Crippen molar-refractivity contribution in [2.75, 3.05) is 43.6 Å².